The van der Waals surface area contributed by atoms with Crippen molar-refractivity contribution in [2.75, 3.05) is 13.2 Å². The molecule has 0 aliphatic heterocycles. The summed E-state index contributed by atoms with van der Waals surface area (Å²) in [6.45, 7) is 2.55. The monoisotopic (exact) mass is 568 g/mol. The molecule has 216 valence electrons. The first-order valence-electron chi connectivity index (χ1n) is 13.4. The number of aromatic nitrogens is 2. The first-order valence-corrected chi connectivity index (χ1v) is 13.4. The number of nitrogens with zero attached hydrogens (tertiary/aromatic N) is 2. The van der Waals surface area contributed by atoms with E-state index in [1.807, 2.05) is 91.0 Å². The predicted molar refractivity (Wildman–Crippen MR) is 155 cm³/mol. The Balaban J connectivity index is 1.60. The molecule has 10 nitrogen and oxygen atoms in total. The van der Waals surface area contributed by atoms with Crippen LogP contribution >= 0.6 is 0 Å². The first-order chi connectivity index (χ1) is 20.3. The predicted octanol–water partition coefficient (Wildman–Crippen LogP) is 3.62. The molecular formula is C32H32N4O6. The van der Waals surface area contributed by atoms with Crippen LogP contribution in [0.3, 0.4) is 0 Å². The minimum atomic E-state index is -1.96. The van der Waals surface area contributed by atoms with Crippen LogP contribution in [0.15, 0.2) is 97.2 Å². The summed E-state index contributed by atoms with van der Waals surface area (Å²) < 4.78 is 10.8. The summed E-state index contributed by atoms with van der Waals surface area (Å²) in [5.74, 6) is -2.57. The molecular weight excluding hydrogens is 536 g/mol. The Morgan fingerprint density at radius 2 is 1.45 bits per heavy atom. The standard InChI is InChI=1S/C32H32N4O6/c1-3-41-31(39)32(2,40)21-34-29(38)27-33-19-25(30(36-27)42-20-22-13-7-4-8-14-22)28(37)35-26(23-15-9-5-10-16-23)24-17-11-6-12-18-24/h4-19,26,40H,3,20-21H2,1-2H3,(H,34,38)(H,35,37). The molecule has 0 fully saturated rings. The van der Waals surface area contributed by atoms with Gasteiger partial charge in [0.25, 0.3) is 11.8 Å². The van der Waals surface area contributed by atoms with E-state index in [2.05, 4.69) is 20.6 Å². The maximum atomic E-state index is 13.7. The topological polar surface area (TPSA) is 140 Å². The highest BCUT2D eigenvalue weighted by molar-refractivity contribution is 5.98. The fraction of sp³-hybridized carbons (Fsp3) is 0.219. The van der Waals surface area contributed by atoms with Crippen LogP contribution < -0.4 is 15.4 Å². The van der Waals surface area contributed by atoms with E-state index >= 15 is 0 Å². The Labute approximate surface area is 243 Å². The molecule has 0 saturated heterocycles. The smallest absolute Gasteiger partial charge is 0.339 e. The summed E-state index contributed by atoms with van der Waals surface area (Å²) in [6.07, 6.45) is 1.22. The van der Waals surface area contributed by atoms with E-state index < -0.39 is 36.0 Å². The zero-order valence-corrected chi connectivity index (χ0v) is 23.3. The fourth-order valence-corrected chi connectivity index (χ4v) is 4.02. The van der Waals surface area contributed by atoms with Gasteiger partial charge in [-0.05, 0) is 30.5 Å². The lowest BCUT2D eigenvalue weighted by molar-refractivity contribution is -0.162. The van der Waals surface area contributed by atoms with Crippen molar-refractivity contribution < 1.29 is 29.0 Å². The van der Waals surface area contributed by atoms with Gasteiger partial charge in [0.2, 0.25) is 11.7 Å². The van der Waals surface area contributed by atoms with Gasteiger partial charge in [0.1, 0.15) is 12.2 Å². The van der Waals surface area contributed by atoms with E-state index in [9.17, 15) is 19.5 Å². The normalized spacial score (nSPS) is 12.2. The summed E-state index contributed by atoms with van der Waals surface area (Å²) >= 11 is 0. The molecule has 2 amide bonds. The average molecular weight is 569 g/mol. The molecule has 0 bridgehead atoms. The second-order valence-electron chi connectivity index (χ2n) is 9.59. The van der Waals surface area contributed by atoms with Gasteiger partial charge < -0.3 is 25.2 Å². The molecule has 4 rings (SSSR count). The zero-order valence-electron chi connectivity index (χ0n) is 23.3. The van der Waals surface area contributed by atoms with Crippen molar-refractivity contribution in [3.63, 3.8) is 0 Å². The minimum Gasteiger partial charge on any atom is -0.472 e. The lowest BCUT2D eigenvalue weighted by atomic mass is 9.98. The van der Waals surface area contributed by atoms with Gasteiger partial charge in [0.15, 0.2) is 5.60 Å². The highest BCUT2D eigenvalue weighted by Crippen LogP contribution is 2.24. The van der Waals surface area contributed by atoms with Crippen molar-refractivity contribution in [1.29, 1.82) is 0 Å². The van der Waals surface area contributed by atoms with Crippen LogP contribution in [-0.2, 0) is 16.1 Å². The maximum absolute atomic E-state index is 13.7. The maximum Gasteiger partial charge on any atom is 0.339 e. The number of hydrogen-bond acceptors (Lipinski definition) is 8. The summed E-state index contributed by atoms with van der Waals surface area (Å²) in [5.41, 5.74) is 0.634. The molecule has 0 spiro atoms. The van der Waals surface area contributed by atoms with Gasteiger partial charge in [-0.2, -0.15) is 4.98 Å². The number of esters is 1. The van der Waals surface area contributed by atoms with Crippen LogP contribution in [-0.4, -0.2) is 51.6 Å². The number of benzene rings is 3. The van der Waals surface area contributed by atoms with E-state index in [1.165, 1.54) is 13.1 Å². The van der Waals surface area contributed by atoms with Crippen molar-refractivity contribution in [1.82, 2.24) is 20.6 Å². The molecule has 1 unspecified atom stereocenters. The second kappa shape index (κ2) is 14.0. The lowest BCUT2D eigenvalue weighted by Crippen LogP contribution is -2.47. The van der Waals surface area contributed by atoms with Crippen LogP contribution in [0.5, 0.6) is 5.88 Å². The molecule has 42 heavy (non-hydrogen) atoms. The molecule has 0 aliphatic carbocycles. The van der Waals surface area contributed by atoms with E-state index in [1.54, 1.807) is 6.92 Å². The van der Waals surface area contributed by atoms with Crippen LogP contribution in [0.4, 0.5) is 0 Å². The Bertz CT molecular complexity index is 1460. The quantitative estimate of drug-likeness (QED) is 0.220. The van der Waals surface area contributed by atoms with Gasteiger partial charge in [0.05, 0.1) is 19.2 Å². The Morgan fingerprint density at radius 1 is 0.881 bits per heavy atom. The van der Waals surface area contributed by atoms with Gasteiger partial charge in [-0.1, -0.05) is 91.0 Å². The Hall–Kier alpha value is -5.09. The number of rotatable bonds is 12. The fourth-order valence-electron chi connectivity index (χ4n) is 4.02. The van der Waals surface area contributed by atoms with Crippen molar-refractivity contribution in [3.05, 3.63) is 125 Å². The lowest BCUT2D eigenvalue weighted by Gasteiger charge is -2.21. The molecule has 3 aromatic carbocycles. The number of ether oxygens (including phenoxy) is 2. The van der Waals surface area contributed by atoms with Crippen molar-refractivity contribution in [3.8, 4) is 5.88 Å². The highest BCUT2D eigenvalue weighted by Gasteiger charge is 2.33. The molecule has 1 heterocycles. The van der Waals surface area contributed by atoms with Gasteiger partial charge in [0, 0.05) is 6.20 Å². The van der Waals surface area contributed by atoms with E-state index in [0.717, 1.165) is 16.7 Å². The van der Waals surface area contributed by atoms with Crippen LogP contribution in [0, 0.1) is 0 Å². The number of nitrogens with one attached hydrogen (secondary N) is 2. The van der Waals surface area contributed by atoms with Crippen molar-refractivity contribution >= 4 is 17.8 Å². The SMILES string of the molecule is CCOC(=O)C(C)(O)CNC(=O)c1ncc(C(=O)NC(c2ccccc2)c2ccccc2)c(OCc2ccccc2)n1. The highest BCUT2D eigenvalue weighted by atomic mass is 16.5. The Morgan fingerprint density at radius 3 is 2.02 bits per heavy atom. The van der Waals surface area contributed by atoms with Gasteiger partial charge in [-0.25, -0.2) is 9.78 Å². The minimum absolute atomic E-state index is 0.0258. The zero-order chi connectivity index (χ0) is 30.0. The number of aliphatic hydroxyl groups is 1. The summed E-state index contributed by atoms with van der Waals surface area (Å²) in [4.78, 5) is 46.8. The molecule has 0 saturated carbocycles. The number of carbonyl (C=O) groups excluding carboxylic acids is 3. The van der Waals surface area contributed by atoms with Gasteiger partial charge >= 0.3 is 5.97 Å². The third-order valence-corrected chi connectivity index (χ3v) is 6.27. The Kier molecular flexibility index (Phi) is 9.96. The largest absolute Gasteiger partial charge is 0.472 e. The number of carbonyl (C=O) groups is 3. The first kappa shape index (κ1) is 29.9. The third kappa shape index (κ3) is 7.76. The van der Waals surface area contributed by atoms with Crippen molar-refractivity contribution in [2.45, 2.75) is 32.1 Å². The number of amides is 2. The summed E-state index contributed by atoms with van der Waals surface area (Å²) in [6, 6.07) is 27.8. The third-order valence-electron chi connectivity index (χ3n) is 6.27. The van der Waals surface area contributed by atoms with Gasteiger partial charge in [-0.3, -0.25) is 9.59 Å². The summed E-state index contributed by atoms with van der Waals surface area (Å²) in [5, 5.41) is 15.8. The van der Waals surface area contributed by atoms with Gasteiger partial charge in [-0.15, -0.1) is 0 Å². The molecule has 0 radical (unpaired) electrons. The molecule has 4 aromatic rings. The van der Waals surface area contributed by atoms with Crippen LogP contribution in [0.1, 0.15) is 57.6 Å². The molecule has 3 N–H and O–H groups in total. The van der Waals surface area contributed by atoms with Crippen molar-refractivity contribution in [2.24, 2.45) is 0 Å². The second-order valence-corrected chi connectivity index (χ2v) is 9.59. The van der Waals surface area contributed by atoms with E-state index in [4.69, 9.17) is 9.47 Å². The van der Waals surface area contributed by atoms with E-state index in [0.29, 0.717) is 0 Å². The van der Waals surface area contributed by atoms with Crippen LogP contribution in [0.25, 0.3) is 0 Å². The summed E-state index contributed by atoms with van der Waals surface area (Å²) in [7, 11) is 0. The van der Waals surface area contributed by atoms with Crippen LogP contribution in [0.2, 0.25) is 0 Å². The van der Waals surface area contributed by atoms with E-state index in [-0.39, 0.29) is 30.5 Å². The average Bonchev–Trinajstić information content (AvgIpc) is 3.02. The molecule has 1 atom stereocenters. The molecule has 10 heteroatoms. The number of hydrogen-bond donors (Lipinski definition) is 3. The molecule has 0 aliphatic rings. The molecule has 1 aromatic heterocycles.